The predicted molar refractivity (Wildman–Crippen MR) is 248 cm³/mol. The molecule has 0 aliphatic heterocycles. The fourth-order valence-corrected chi connectivity index (χ4v) is 7.75. The quantitative estimate of drug-likeness (QED) is 0.0476. The number of carbonyl (C=O) groups is 2. The van der Waals surface area contributed by atoms with E-state index in [9.17, 15) is 9.59 Å². The third-order valence-electron chi connectivity index (χ3n) is 11.8. The molecule has 0 heterocycles. The summed E-state index contributed by atoms with van der Waals surface area (Å²) in [6.07, 6.45) is 59.1. The number of carboxylic acid groups (broad SMARTS) is 2. The van der Waals surface area contributed by atoms with Crippen LogP contribution in [-0.2, 0) is 9.59 Å². The minimum absolute atomic E-state index is 0.359. The summed E-state index contributed by atoms with van der Waals surface area (Å²) in [5.41, 5.74) is 0.718. The summed E-state index contributed by atoms with van der Waals surface area (Å²) in [5.74, 6) is -1.68. The third-order valence-corrected chi connectivity index (χ3v) is 11.8. The Morgan fingerprint density at radius 3 is 0.518 bits per heavy atom. The lowest BCUT2D eigenvalue weighted by atomic mass is 10.0. The van der Waals surface area contributed by atoms with Crippen LogP contribution in [0.15, 0.2) is 24.3 Å². The molecular formula is C52H100O4. The van der Waals surface area contributed by atoms with Gasteiger partial charge in [-0.05, 0) is 25.7 Å². The van der Waals surface area contributed by atoms with Crippen molar-refractivity contribution in [1.29, 1.82) is 0 Å². The van der Waals surface area contributed by atoms with Crippen LogP contribution >= 0.6 is 0 Å². The highest BCUT2D eigenvalue weighted by Gasteiger charge is 2.04. The Kier molecular flexibility index (Phi) is 50.0. The zero-order valence-corrected chi connectivity index (χ0v) is 38.2. The molecule has 0 aromatic heterocycles. The molecule has 0 radical (unpaired) electrons. The largest absolute Gasteiger partial charge is 0.478 e. The molecule has 0 saturated heterocycles. The van der Waals surface area contributed by atoms with Crippen LogP contribution in [0.2, 0.25) is 0 Å². The summed E-state index contributed by atoms with van der Waals surface area (Å²) in [6.45, 7) is 11.7. The Hall–Kier alpha value is -1.58. The second-order valence-corrected chi connectivity index (χ2v) is 17.5. The lowest BCUT2D eigenvalue weighted by Gasteiger charge is -2.04. The second kappa shape index (κ2) is 49.6. The first-order valence-corrected chi connectivity index (χ1v) is 25.2. The Bertz CT molecular complexity index is 765. The SMILES string of the molecule is C=C(CCCCCCCCCCCCCCCCCCCCCCC)C(=O)O.C=C(CCCCCCCCCCCCCCCCCCCCCCC)C(=O)O. The van der Waals surface area contributed by atoms with E-state index >= 15 is 0 Å². The zero-order valence-electron chi connectivity index (χ0n) is 38.2. The maximum absolute atomic E-state index is 10.6. The van der Waals surface area contributed by atoms with Crippen molar-refractivity contribution in [3.05, 3.63) is 24.3 Å². The standard InChI is InChI=1S/2C26H50O2/c2*1-3-4-5-6-7-8-9-10-11-12-13-14-15-16-17-18-19-20-21-22-23-24-25(2)26(27)28/h2*2-24H2,1H3,(H,27,28). The van der Waals surface area contributed by atoms with Crippen molar-refractivity contribution in [3.63, 3.8) is 0 Å². The van der Waals surface area contributed by atoms with Crippen molar-refractivity contribution < 1.29 is 19.8 Å². The molecule has 0 aliphatic rings. The molecule has 0 fully saturated rings. The summed E-state index contributed by atoms with van der Waals surface area (Å²) in [4.78, 5) is 21.3. The first-order valence-electron chi connectivity index (χ1n) is 25.2. The highest BCUT2D eigenvalue weighted by molar-refractivity contribution is 5.86. The molecule has 0 saturated carbocycles. The van der Waals surface area contributed by atoms with Crippen molar-refractivity contribution in [2.24, 2.45) is 0 Å². The van der Waals surface area contributed by atoms with Gasteiger partial charge in [-0.25, -0.2) is 9.59 Å². The van der Waals surface area contributed by atoms with Gasteiger partial charge in [-0.1, -0.05) is 284 Å². The summed E-state index contributed by atoms with van der Waals surface area (Å²) in [5, 5.41) is 17.5. The van der Waals surface area contributed by atoms with Gasteiger partial charge >= 0.3 is 11.9 Å². The van der Waals surface area contributed by atoms with Crippen molar-refractivity contribution in [3.8, 4) is 0 Å². The Morgan fingerprint density at radius 2 is 0.393 bits per heavy atom. The van der Waals surface area contributed by atoms with Gasteiger partial charge in [0.05, 0.1) is 0 Å². The van der Waals surface area contributed by atoms with Gasteiger partial charge in [-0.15, -0.1) is 0 Å². The minimum Gasteiger partial charge on any atom is -0.478 e. The number of unbranched alkanes of at least 4 members (excludes halogenated alkanes) is 40. The van der Waals surface area contributed by atoms with E-state index in [1.165, 1.54) is 244 Å². The first-order chi connectivity index (χ1) is 27.4. The van der Waals surface area contributed by atoms with Crippen LogP contribution in [0.25, 0.3) is 0 Å². The Labute approximate surface area is 351 Å². The van der Waals surface area contributed by atoms with Gasteiger partial charge in [0.15, 0.2) is 0 Å². The molecule has 0 unspecified atom stereocenters. The van der Waals surface area contributed by atoms with E-state index in [4.69, 9.17) is 10.2 Å². The van der Waals surface area contributed by atoms with E-state index in [0.29, 0.717) is 24.0 Å². The van der Waals surface area contributed by atoms with Gasteiger partial charge < -0.3 is 10.2 Å². The van der Waals surface area contributed by atoms with Crippen molar-refractivity contribution in [1.82, 2.24) is 0 Å². The lowest BCUT2D eigenvalue weighted by Crippen LogP contribution is -1.98. The summed E-state index contributed by atoms with van der Waals surface area (Å²) < 4.78 is 0. The first kappa shape index (κ1) is 56.5. The summed E-state index contributed by atoms with van der Waals surface area (Å²) in [6, 6.07) is 0. The molecular weight excluding hydrogens is 689 g/mol. The Balaban J connectivity index is 0. The number of hydrogen-bond donors (Lipinski definition) is 2. The van der Waals surface area contributed by atoms with Gasteiger partial charge in [-0.3, -0.25) is 0 Å². The molecule has 56 heavy (non-hydrogen) atoms. The van der Waals surface area contributed by atoms with Crippen molar-refractivity contribution in [2.75, 3.05) is 0 Å². The summed E-state index contributed by atoms with van der Waals surface area (Å²) in [7, 11) is 0. The Morgan fingerprint density at radius 1 is 0.268 bits per heavy atom. The molecule has 0 aliphatic carbocycles. The smallest absolute Gasteiger partial charge is 0.330 e. The average molecular weight is 789 g/mol. The van der Waals surface area contributed by atoms with E-state index in [1.54, 1.807) is 0 Å². The van der Waals surface area contributed by atoms with Crippen LogP contribution in [0.4, 0.5) is 0 Å². The van der Waals surface area contributed by atoms with E-state index in [2.05, 4.69) is 27.0 Å². The van der Waals surface area contributed by atoms with Crippen LogP contribution in [0.3, 0.4) is 0 Å². The highest BCUT2D eigenvalue weighted by Crippen LogP contribution is 2.18. The second-order valence-electron chi connectivity index (χ2n) is 17.5. The average Bonchev–Trinajstić information content (AvgIpc) is 3.19. The molecule has 0 aromatic rings. The monoisotopic (exact) mass is 789 g/mol. The molecule has 332 valence electrons. The molecule has 0 rings (SSSR count). The van der Waals surface area contributed by atoms with Gasteiger partial charge in [0.2, 0.25) is 0 Å². The van der Waals surface area contributed by atoms with E-state index in [-0.39, 0.29) is 0 Å². The lowest BCUT2D eigenvalue weighted by molar-refractivity contribution is -0.133. The van der Waals surface area contributed by atoms with Crippen LogP contribution < -0.4 is 0 Å². The fourth-order valence-electron chi connectivity index (χ4n) is 7.75. The predicted octanol–water partition coefficient (Wildman–Crippen LogP) is 18.5. The highest BCUT2D eigenvalue weighted by atomic mass is 16.4. The number of carboxylic acids is 2. The van der Waals surface area contributed by atoms with Crippen LogP contribution in [0.5, 0.6) is 0 Å². The third kappa shape index (κ3) is 50.4. The zero-order chi connectivity index (χ0) is 41.4. The topological polar surface area (TPSA) is 74.6 Å². The molecule has 4 nitrogen and oxygen atoms in total. The van der Waals surface area contributed by atoms with Gasteiger partial charge in [0.1, 0.15) is 0 Å². The molecule has 0 atom stereocenters. The molecule has 2 N–H and O–H groups in total. The van der Waals surface area contributed by atoms with Crippen molar-refractivity contribution >= 4 is 11.9 Å². The molecule has 4 heteroatoms. The van der Waals surface area contributed by atoms with Gasteiger partial charge in [0, 0.05) is 11.1 Å². The number of hydrogen-bond acceptors (Lipinski definition) is 2. The molecule has 0 spiro atoms. The molecule has 0 aromatic carbocycles. The van der Waals surface area contributed by atoms with E-state index < -0.39 is 11.9 Å². The maximum atomic E-state index is 10.6. The molecule has 0 amide bonds. The normalized spacial score (nSPS) is 11.0. The van der Waals surface area contributed by atoms with Crippen LogP contribution in [0.1, 0.15) is 296 Å². The van der Waals surface area contributed by atoms with E-state index in [0.717, 1.165) is 25.7 Å². The molecule has 0 bridgehead atoms. The minimum atomic E-state index is -0.840. The fraction of sp³-hybridized carbons (Fsp3) is 0.885. The van der Waals surface area contributed by atoms with E-state index in [1.807, 2.05) is 0 Å². The van der Waals surface area contributed by atoms with Gasteiger partial charge in [-0.2, -0.15) is 0 Å². The van der Waals surface area contributed by atoms with Crippen molar-refractivity contribution in [2.45, 2.75) is 296 Å². The van der Waals surface area contributed by atoms with Gasteiger partial charge in [0.25, 0.3) is 0 Å². The summed E-state index contributed by atoms with van der Waals surface area (Å²) >= 11 is 0. The number of aliphatic carboxylic acids is 2. The maximum Gasteiger partial charge on any atom is 0.330 e. The van der Waals surface area contributed by atoms with Crippen LogP contribution in [0, 0.1) is 0 Å². The van der Waals surface area contributed by atoms with Crippen LogP contribution in [-0.4, -0.2) is 22.2 Å². The number of rotatable bonds is 46.